The van der Waals surface area contributed by atoms with Gasteiger partial charge in [0.2, 0.25) is 0 Å². The Balaban J connectivity index is 1.42. The zero-order valence-electron chi connectivity index (χ0n) is 19.2. The third kappa shape index (κ3) is 4.64. The largest absolute Gasteiger partial charge is 0.480 e. The number of piperazine rings is 1. The predicted octanol–water partition coefficient (Wildman–Crippen LogP) is 4.46. The molecule has 2 aliphatic carbocycles. The van der Waals surface area contributed by atoms with Crippen LogP contribution in [0.25, 0.3) is 0 Å². The minimum atomic E-state index is -1.02. The fraction of sp³-hybridized carbons (Fsp3) is 0.500. The van der Waals surface area contributed by atoms with Gasteiger partial charge in [0.1, 0.15) is 12.1 Å². The van der Waals surface area contributed by atoms with Crippen LogP contribution in [-0.2, 0) is 22.4 Å². The Hall–Kier alpha value is -2.64. The Morgan fingerprint density at radius 1 is 1.06 bits per heavy atom. The zero-order chi connectivity index (χ0) is 23.7. The van der Waals surface area contributed by atoms with Crippen molar-refractivity contribution < 1.29 is 19.4 Å². The van der Waals surface area contributed by atoms with Crippen molar-refractivity contribution in [2.45, 2.75) is 63.1 Å². The Morgan fingerprint density at radius 2 is 1.85 bits per heavy atom. The molecule has 7 nitrogen and oxygen atoms in total. The van der Waals surface area contributed by atoms with Crippen molar-refractivity contribution in [1.29, 1.82) is 0 Å². The lowest BCUT2D eigenvalue weighted by molar-refractivity contribution is -0.145. The smallest absolute Gasteiger partial charge is 0.410 e. The standard InChI is InChI=1S/C26H30ClN3O4/c27-19-10-11-21-18(15-19)9-8-17-5-4-12-28-23(17)24(21)29-13-14-30(22(16-29)25(31)32)26(33)34-20-6-2-1-3-7-20/h4-5,10-12,15,20,22,24H,1-3,6-9,13-14,16H2,(H,31,32)/t22-,24?/m1/s1. The number of rotatable bonds is 3. The summed E-state index contributed by atoms with van der Waals surface area (Å²) in [7, 11) is 0. The number of carboxylic acid groups (broad SMARTS) is 1. The predicted molar refractivity (Wildman–Crippen MR) is 128 cm³/mol. The van der Waals surface area contributed by atoms with Crippen molar-refractivity contribution in [3.63, 3.8) is 0 Å². The molecule has 1 unspecified atom stereocenters. The molecule has 0 bridgehead atoms. The van der Waals surface area contributed by atoms with Crippen LogP contribution in [-0.4, -0.2) is 63.7 Å². The Labute approximate surface area is 204 Å². The van der Waals surface area contributed by atoms with Crippen molar-refractivity contribution in [3.8, 4) is 0 Å². The molecular weight excluding hydrogens is 454 g/mol. The van der Waals surface area contributed by atoms with Gasteiger partial charge >= 0.3 is 12.1 Å². The van der Waals surface area contributed by atoms with Crippen LogP contribution in [0, 0.1) is 0 Å². The number of benzene rings is 1. The van der Waals surface area contributed by atoms with E-state index in [1.807, 2.05) is 24.3 Å². The maximum Gasteiger partial charge on any atom is 0.410 e. The van der Waals surface area contributed by atoms with Gasteiger partial charge in [-0.05, 0) is 73.4 Å². The maximum absolute atomic E-state index is 12.9. The van der Waals surface area contributed by atoms with Gasteiger partial charge in [-0.1, -0.05) is 30.2 Å². The highest BCUT2D eigenvalue weighted by Crippen LogP contribution is 2.38. The number of carboxylic acids is 1. The van der Waals surface area contributed by atoms with Gasteiger partial charge < -0.3 is 9.84 Å². The number of carbonyl (C=O) groups excluding carboxylic acids is 1. The average molecular weight is 484 g/mol. The molecule has 34 heavy (non-hydrogen) atoms. The molecule has 1 saturated carbocycles. The molecule has 1 N–H and O–H groups in total. The summed E-state index contributed by atoms with van der Waals surface area (Å²) >= 11 is 6.31. The third-order valence-electron chi connectivity index (χ3n) is 7.36. The highest BCUT2D eigenvalue weighted by molar-refractivity contribution is 6.30. The first-order valence-corrected chi connectivity index (χ1v) is 12.6. The van der Waals surface area contributed by atoms with Crippen molar-refractivity contribution in [3.05, 3.63) is 63.9 Å². The number of amides is 1. The summed E-state index contributed by atoms with van der Waals surface area (Å²) in [5.74, 6) is -1.02. The highest BCUT2D eigenvalue weighted by atomic mass is 35.5. The summed E-state index contributed by atoms with van der Waals surface area (Å²) in [6.45, 7) is 1.04. The molecule has 2 aromatic rings. The van der Waals surface area contributed by atoms with Crippen LogP contribution in [0.5, 0.6) is 0 Å². The number of halogens is 1. The zero-order valence-corrected chi connectivity index (χ0v) is 19.9. The van der Waals surface area contributed by atoms with E-state index in [0.717, 1.165) is 67.3 Å². The molecule has 1 aromatic carbocycles. The highest BCUT2D eigenvalue weighted by Gasteiger charge is 2.41. The van der Waals surface area contributed by atoms with Gasteiger partial charge in [0.05, 0.1) is 11.7 Å². The number of ether oxygens (including phenoxy) is 1. The van der Waals surface area contributed by atoms with E-state index in [1.165, 1.54) is 4.90 Å². The summed E-state index contributed by atoms with van der Waals surface area (Å²) in [4.78, 5) is 33.5. The van der Waals surface area contributed by atoms with Crippen molar-refractivity contribution in [2.24, 2.45) is 0 Å². The van der Waals surface area contributed by atoms with Crippen LogP contribution in [0.1, 0.15) is 60.5 Å². The maximum atomic E-state index is 12.9. The summed E-state index contributed by atoms with van der Waals surface area (Å²) in [6.07, 6.45) is 7.84. The van der Waals surface area contributed by atoms with E-state index < -0.39 is 18.1 Å². The number of nitrogens with zero attached hydrogens (tertiary/aromatic N) is 3. The molecule has 0 radical (unpaired) electrons. The van der Waals surface area contributed by atoms with Crippen LogP contribution in [0.2, 0.25) is 5.02 Å². The van der Waals surface area contributed by atoms with E-state index in [2.05, 4.69) is 11.0 Å². The van der Waals surface area contributed by atoms with E-state index in [0.29, 0.717) is 18.1 Å². The second-order valence-electron chi connectivity index (χ2n) is 9.48. The molecular formula is C26H30ClN3O4. The first-order chi connectivity index (χ1) is 16.5. The van der Waals surface area contributed by atoms with Crippen LogP contribution in [0.15, 0.2) is 36.5 Å². The second-order valence-corrected chi connectivity index (χ2v) is 9.92. The summed E-state index contributed by atoms with van der Waals surface area (Å²) in [5.41, 5.74) is 4.36. The lowest BCUT2D eigenvalue weighted by atomic mass is 9.95. The quantitative estimate of drug-likeness (QED) is 0.693. The summed E-state index contributed by atoms with van der Waals surface area (Å²) < 4.78 is 5.72. The SMILES string of the molecule is O=C(O)[C@H]1CN(C2c3ccc(Cl)cc3CCc3cccnc32)CCN1C(=O)OC1CCCCC1. The van der Waals surface area contributed by atoms with Crippen LogP contribution in [0.3, 0.4) is 0 Å². The van der Waals surface area contributed by atoms with Gasteiger partial charge in [-0.15, -0.1) is 0 Å². The lowest BCUT2D eigenvalue weighted by Gasteiger charge is -2.43. The average Bonchev–Trinajstić information content (AvgIpc) is 3.01. The monoisotopic (exact) mass is 483 g/mol. The van der Waals surface area contributed by atoms with Crippen molar-refractivity contribution in [1.82, 2.24) is 14.8 Å². The topological polar surface area (TPSA) is 83.0 Å². The van der Waals surface area contributed by atoms with E-state index in [1.54, 1.807) is 6.20 Å². The Kier molecular flexibility index (Phi) is 6.75. The number of aryl methyl sites for hydroxylation is 2. The van der Waals surface area contributed by atoms with Gasteiger partial charge in [0.25, 0.3) is 0 Å². The Morgan fingerprint density at radius 3 is 2.65 bits per heavy atom. The second kappa shape index (κ2) is 9.92. The van der Waals surface area contributed by atoms with E-state index in [9.17, 15) is 14.7 Å². The third-order valence-corrected chi connectivity index (χ3v) is 7.60. The van der Waals surface area contributed by atoms with E-state index in [-0.39, 0.29) is 18.7 Å². The summed E-state index contributed by atoms with van der Waals surface area (Å²) in [5, 5.41) is 10.7. The molecule has 2 heterocycles. The number of aliphatic carboxylic acids is 1. The van der Waals surface area contributed by atoms with Gasteiger partial charge in [-0.25, -0.2) is 9.59 Å². The fourth-order valence-electron chi connectivity index (χ4n) is 5.61. The van der Waals surface area contributed by atoms with Crippen LogP contribution >= 0.6 is 11.6 Å². The van der Waals surface area contributed by atoms with Crippen molar-refractivity contribution >= 4 is 23.7 Å². The fourth-order valence-corrected chi connectivity index (χ4v) is 5.81. The molecule has 5 rings (SSSR count). The van der Waals surface area contributed by atoms with Gasteiger partial charge in [0, 0.05) is 30.9 Å². The molecule has 2 atom stereocenters. The number of fused-ring (bicyclic) bond motifs is 2. The molecule has 8 heteroatoms. The van der Waals surface area contributed by atoms with Crippen LogP contribution in [0.4, 0.5) is 4.79 Å². The molecule has 1 saturated heterocycles. The first kappa shape index (κ1) is 23.1. The number of carbonyl (C=O) groups is 2. The normalized spacial score (nSPS) is 23.5. The molecule has 1 aliphatic heterocycles. The number of aromatic nitrogens is 1. The van der Waals surface area contributed by atoms with Gasteiger partial charge in [0.15, 0.2) is 0 Å². The Bertz CT molecular complexity index is 1070. The van der Waals surface area contributed by atoms with E-state index >= 15 is 0 Å². The van der Waals surface area contributed by atoms with Gasteiger partial charge in [-0.3, -0.25) is 14.8 Å². The number of hydrogen-bond acceptors (Lipinski definition) is 5. The number of pyridine rings is 1. The molecule has 1 amide bonds. The molecule has 1 aromatic heterocycles. The van der Waals surface area contributed by atoms with Gasteiger partial charge in [-0.2, -0.15) is 0 Å². The summed E-state index contributed by atoms with van der Waals surface area (Å²) in [6, 6.07) is 8.79. The van der Waals surface area contributed by atoms with Crippen LogP contribution < -0.4 is 0 Å². The van der Waals surface area contributed by atoms with Crippen molar-refractivity contribution in [2.75, 3.05) is 19.6 Å². The molecule has 0 spiro atoms. The lowest BCUT2D eigenvalue weighted by Crippen LogP contribution is -2.59. The van der Waals surface area contributed by atoms with E-state index in [4.69, 9.17) is 21.3 Å². The minimum Gasteiger partial charge on any atom is -0.480 e. The first-order valence-electron chi connectivity index (χ1n) is 12.2. The molecule has 180 valence electrons. The molecule has 3 aliphatic rings. The number of hydrogen-bond donors (Lipinski definition) is 1. The molecule has 2 fully saturated rings. The minimum absolute atomic E-state index is 0.108.